The number of nitrogens with zero attached hydrogens (tertiary/aromatic N) is 4. The summed E-state index contributed by atoms with van der Waals surface area (Å²) < 4.78 is 4.29. The fourth-order valence-electron chi connectivity index (χ4n) is 2.85. The molecular weight excluding hydrogens is 296 g/mol. The number of benzene rings is 1. The molecule has 0 N–H and O–H groups in total. The Balaban J connectivity index is 1.91. The van der Waals surface area contributed by atoms with E-state index in [1.807, 2.05) is 31.8 Å². The van der Waals surface area contributed by atoms with Crippen molar-refractivity contribution >= 4 is 0 Å². The van der Waals surface area contributed by atoms with E-state index in [0.717, 1.165) is 37.3 Å². The Kier molecular flexibility index (Phi) is 5.26. The van der Waals surface area contributed by atoms with E-state index in [2.05, 4.69) is 57.5 Å². The third-order valence-corrected chi connectivity index (χ3v) is 4.18. The first-order chi connectivity index (χ1) is 11.8. The van der Waals surface area contributed by atoms with E-state index < -0.39 is 0 Å². The largest absolute Gasteiger partial charge is 0.337 e. The third-order valence-electron chi connectivity index (χ3n) is 4.18. The van der Waals surface area contributed by atoms with Crippen molar-refractivity contribution in [1.29, 1.82) is 0 Å². The summed E-state index contributed by atoms with van der Waals surface area (Å²) in [7, 11) is 2.03. The average molecular weight is 320 g/mol. The van der Waals surface area contributed by atoms with Crippen molar-refractivity contribution < 1.29 is 0 Å². The van der Waals surface area contributed by atoms with Crippen LogP contribution in [0, 0.1) is 0 Å². The fourth-order valence-corrected chi connectivity index (χ4v) is 2.85. The van der Waals surface area contributed by atoms with Gasteiger partial charge in [0.25, 0.3) is 0 Å². The Hall–Kier alpha value is -2.62. The van der Waals surface area contributed by atoms with E-state index in [0.29, 0.717) is 0 Å². The number of imidazole rings is 2. The van der Waals surface area contributed by atoms with E-state index in [1.165, 1.54) is 11.3 Å². The summed E-state index contributed by atoms with van der Waals surface area (Å²) in [6.45, 7) is 2.91. The standard InChI is InChI=1S/C20H24N4/c1-3-4-5-9-12-18-20(17-10-7-6-8-11-17)22-16-24(18)15-19-21-13-14-23(19)2/h4-8,10-11,13-14,16H,3,9,12,15H2,1-2H3. The zero-order valence-corrected chi connectivity index (χ0v) is 14.4. The first-order valence-corrected chi connectivity index (χ1v) is 8.50. The van der Waals surface area contributed by atoms with E-state index >= 15 is 0 Å². The van der Waals surface area contributed by atoms with Crippen molar-refractivity contribution in [1.82, 2.24) is 19.1 Å². The smallest absolute Gasteiger partial charge is 0.128 e. The summed E-state index contributed by atoms with van der Waals surface area (Å²) in [4.78, 5) is 9.14. The molecule has 0 fully saturated rings. The first kappa shape index (κ1) is 16.2. The highest BCUT2D eigenvalue weighted by molar-refractivity contribution is 5.61. The second kappa shape index (κ2) is 7.77. The van der Waals surface area contributed by atoms with Crippen molar-refractivity contribution in [2.75, 3.05) is 0 Å². The monoisotopic (exact) mass is 320 g/mol. The van der Waals surface area contributed by atoms with Crippen molar-refractivity contribution in [3.05, 3.63) is 72.7 Å². The van der Waals surface area contributed by atoms with Gasteiger partial charge in [-0.2, -0.15) is 0 Å². The van der Waals surface area contributed by atoms with Gasteiger partial charge in [-0.15, -0.1) is 0 Å². The molecule has 0 aliphatic heterocycles. The van der Waals surface area contributed by atoms with Crippen molar-refractivity contribution in [2.24, 2.45) is 7.05 Å². The molecule has 0 saturated carbocycles. The Labute approximate surface area is 143 Å². The lowest BCUT2D eigenvalue weighted by molar-refractivity contribution is 0.669. The molecule has 0 aliphatic carbocycles. The third kappa shape index (κ3) is 3.65. The second-order valence-electron chi connectivity index (χ2n) is 5.91. The number of allylic oxidation sites excluding steroid dienone is 2. The fraction of sp³-hybridized carbons (Fsp3) is 0.300. The Morgan fingerprint density at radius 3 is 2.62 bits per heavy atom. The zero-order chi connectivity index (χ0) is 16.8. The minimum absolute atomic E-state index is 0.746. The lowest BCUT2D eigenvalue weighted by Gasteiger charge is -2.10. The minimum Gasteiger partial charge on any atom is -0.337 e. The SMILES string of the molecule is CCC=CCCc1c(-c2ccccc2)ncn1Cc1nccn1C. The number of hydrogen-bond donors (Lipinski definition) is 0. The van der Waals surface area contributed by atoms with Gasteiger partial charge in [-0.1, -0.05) is 49.4 Å². The highest BCUT2D eigenvalue weighted by Crippen LogP contribution is 2.24. The van der Waals surface area contributed by atoms with Gasteiger partial charge in [-0.3, -0.25) is 0 Å². The van der Waals surface area contributed by atoms with Crippen LogP contribution in [0.3, 0.4) is 0 Å². The molecule has 0 radical (unpaired) electrons. The van der Waals surface area contributed by atoms with Gasteiger partial charge >= 0.3 is 0 Å². The summed E-state index contributed by atoms with van der Waals surface area (Å²) in [5.74, 6) is 1.04. The molecule has 24 heavy (non-hydrogen) atoms. The molecule has 0 amide bonds. The molecule has 0 aliphatic rings. The quantitative estimate of drug-likeness (QED) is 0.611. The predicted molar refractivity (Wildman–Crippen MR) is 97.7 cm³/mol. The van der Waals surface area contributed by atoms with Gasteiger partial charge in [0, 0.05) is 30.7 Å². The highest BCUT2D eigenvalue weighted by atomic mass is 15.1. The Bertz CT molecular complexity index is 796. The number of rotatable bonds is 7. The Morgan fingerprint density at radius 2 is 1.92 bits per heavy atom. The molecule has 2 aromatic heterocycles. The molecule has 2 heterocycles. The van der Waals surface area contributed by atoms with E-state index in [4.69, 9.17) is 4.98 Å². The molecule has 0 bridgehead atoms. The van der Waals surface area contributed by atoms with Crippen molar-refractivity contribution in [3.63, 3.8) is 0 Å². The molecule has 0 saturated heterocycles. The summed E-state index contributed by atoms with van der Waals surface area (Å²) in [5.41, 5.74) is 3.52. The van der Waals surface area contributed by atoms with Crippen molar-refractivity contribution in [3.8, 4) is 11.3 Å². The van der Waals surface area contributed by atoms with Crippen LogP contribution in [0.5, 0.6) is 0 Å². The summed E-state index contributed by atoms with van der Waals surface area (Å²) in [6, 6.07) is 10.4. The van der Waals surface area contributed by atoms with E-state index in [1.54, 1.807) is 0 Å². The lowest BCUT2D eigenvalue weighted by atomic mass is 10.1. The number of hydrogen-bond acceptors (Lipinski definition) is 2. The summed E-state index contributed by atoms with van der Waals surface area (Å²) in [5, 5.41) is 0. The van der Waals surface area contributed by atoms with Crippen LogP contribution in [0.2, 0.25) is 0 Å². The van der Waals surface area contributed by atoms with Gasteiger partial charge in [0.1, 0.15) is 5.82 Å². The second-order valence-corrected chi connectivity index (χ2v) is 5.91. The molecule has 4 nitrogen and oxygen atoms in total. The van der Waals surface area contributed by atoms with E-state index in [9.17, 15) is 0 Å². The van der Waals surface area contributed by atoms with Gasteiger partial charge in [-0.25, -0.2) is 9.97 Å². The maximum Gasteiger partial charge on any atom is 0.128 e. The highest BCUT2D eigenvalue weighted by Gasteiger charge is 2.13. The first-order valence-electron chi connectivity index (χ1n) is 8.50. The van der Waals surface area contributed by atoms with Gasteiger partial charge < -0.3 is 9.13 Å². The molecular formula is C20H24N4. The summed E-state index contributed by atoms with van der Waals surface area (Å²) in [6.07, 6.45) is 13.3. The zero-order valence-electron chi connectivity index (χ0n) is 14.4. The topological polar surface area (TPSA) is 35.6 Å². The molecule has 0 spiro atoms. The van der Waals surface area contributed by atoms with Crippen LogP contribution < -0.4 is 0 Å². The van der Waals surface area contributed by atoms with E-state index in [-0.39, 0.29) is 0 Å². The van der Waals surface area contributed by atoms with Crippen molar-refractivity contribution in [2.45, 2.75) is 32.7 Å². The molecule has 3 rings (SSSR count). The maximum atomic E-state index is 4.70. The Morgan fingerprint density at radius 1 is 1.08 bits per heavy atom. The summed E-state index contributed by atoms with van der Waals surface area (Å²) >= 11 is 0. The van der Waals surface area contributed by atoms with Crippen LogP contribution in [0.15, 0.2) is 61.2 Å². The molecule has 0 unspecified atom stereocenters. The van der Waals surface area contributed by atoms with Crippen LogP contribution in [0.4, 0.5) is 0 Å². The van der Waals surface area contributed by atoms with Crippen LogP contribution >= 0.6 is 0 Å². The van der Waals surface area contributed by atoms with Gasteiger partial charge in [0.05, 0.1) is 18.6 Å². The molecule has 3 aromatic rings. The van der Waals surface area contributed by atoms with Crippen LogP contribution in [-0.2, 0) is 20.0 Å². The molecule has 4 heteroatoms. The van der Waals surface area contributed by atoms with Gasteiger partial charge in [-0.05, 0) is 19.3 Å². The van der Waals surface area contributed by atoms with Crippen LogP contribution in [0.25, 0.3) is 11.3 Å². The van der Waals surface area contributed by atoms with Gasteiger partial charge in [0.2, 0.25) is 0 Å². The normalized spacial score (nSPS) is 11.4. The maximum absolute atomic E-state index is 4.70. The number of aryl methyl sites for hydroxylation is 1. The molecule has 0 atom stereocenters. The lowest BCUT2D eigenvalue weighted by Crippen LogP contribution is -2.08. The molecule has 1 aromatic carbocycles. The van der Waals surface area contributed by atoms with Crippen LogP contribution in [-0.4, -0.2) is 19.1 Å². The average Bonchev–Trinajstić information content (AvgIpc) is 3.20. The number of aromatic nitrogens is 4. The van der Waals surface area contributed by atoms with Gasteiger partial charge in [0.15, 0.2) is 0 Å². The molecule has 124 valence electrons. The predicted octanol–water partition coefficient (Wildman–Crippen LogP) is 4.23. The van der Waals surface area contributed by atoms with Crippen LogP contribution in [0.1, 0.15) is 31.3 Å². The minimum atomic E-state index is 0.746.